The standard InChI is InChI=1S/C28H47FN2OS/c1-2-3-4-5-6-7-8-9-10-11-12-13-14-15-16-17-22-30-27(32)26-23-33-28(31-26)24-18-20-25(29)21-19-24/h18-21,26,28,31H,2-17,22-23H2,1H3,(H,30,32)/t26-,28?/m1/s1. The molecule has 2 atom stereocenters. The quantitative estimate of drug-likeness (QED) is 0.198. The van der Waals surface area contributed by atoms with E-state index in [-0.39, 0.29) is 23.1 Å². The predicted molar refractivity (Wildman–Crippen MR) is 141 cm³/mol. The fraction of sp³-hybridized carbons (Fsp3) is 0.750. The molecule has 1 fully saturated rings. The van der Waals surface area contributed by atoms with Gasteiger partial charge in [-0.15, -0.1) is 11.8 Å². The normalized spacial score (nSPS) is 18.0. The number of rotatable bonds is 19. The Labute approximate surface area is 206 Å². The molecule has 1 aromatic carbocycles. The van der Waals surface area contributed by atoms with E-state index in [0.717, 1.165) is 24.3 Å². The summed E-state index contributed by atoms with van der Waals surface area (Å²) in [5, 5.41) is 6.51. The minimum atomic E-state index is -0.227. The van der Waals surface area contributed by atoms with Crippen LogP contribution in [0.2, 0.25) is 0 Å². The number of halogens is 1. The molecule has 1 aliphatic rings. The number of nitrogens with one attached hydrogen (secondary N) is 2. The first-order valence-electron chi connectivity index (χ1n) is 13.6. The summed E-state index contributed by atoms with van der Waals surface area (Å²) in [5.41, 5.74) is 1.02. The van der Waals surface area contributed by atoms with Crippen molar-refractivity contribution in [1.82, 2.24) is 10.6 Å². The highest BCUT2D eigenvalue weighted by molar-refractivity contribution is 7.99. The van der Waals surface area contributed by atoms with Gasteiger partial charge in [-0.05, 0) is 24.1 Å². The molecule has 0 saturated carbocycles. The van der Waals surface area contributed by atoms with E-state index in [2.05, 4.69) is 17.6 Å². The summed E-state index contributed by atoms with van der Waals surface area (Å²) in [6.07, 6.45) is 21.8. The Morgan fingerprint density at radius 2 is 1.33 bits per heavy atom. The first kappa shape index (κ1) is 28.2. The zero-order chi connectivity index (χ0) is 23.6. The zero-order valence-electron chi connectivity index (χ0n) is 20.9. The summed E-state index contributed by atoms with van der Waals surface area (Å²) in [6.45, 7) is 3.05. The molecular formula is C28H47FN2OS. The highest BCUT2D eigenvalue weighted by Crippen LogP contribution is 2.32. The van der Waals surface area contributed by atoms with E-state index in [4.69, 9.17) is 0 Å². The molecule has 1 aromatic rings. The third-order valence-electron chi connectivity index (χ3n) is 6.60. The second-order valence-electron chi connectivity index (χ2n) is 9.58. The number of carbonyl (C=O) groups is 1. The summed E-state index contributed by atoms with van der Waals surface area (Å²) in [5.74, 6) is 0.621. The summed E-state index contributed by atoms with van der Waals surface area (Å²) >= 11 is 1.71. The van der Waals surface area contributed by atoms with Crippen LogP contribution >= 0.6 is 11.8 Å². The summed E-state index contributed by atoms with van der Waals surface area (Å²) in [6, 6.07) is 6.36. The number of benzene rings is 1. The van der Waals surface area contributed by atoms with Crippen LogP contribution in [-0.4, -0.2) is 24.2 Å². The average molecular weight is 479 g/mol. The number of hydrogen-bond acceptors (Lipinski definition) is 3. The van der Waals surface area contributed by atoms with E-state index < -0.39 is 0 Å². The van der Waals surface area contributed by atoms with E-state index in [1.54, 1.807) is 23.9 Å². The van der Waals surface area contributed by atoms with Gasteiger partial charge < -0.3 is 5.32 Å². The maximum absolute atomic E-state index is 13.1. The van der Waals surface area contributed by atoms with Crippen LogP contribution in [0.25, 0.3) is 0 Å². The minimum Gasteiger partial charge on any atom is -0.355 e. The first-order chi connectivity index (χ1) is 16.2. The summed E-state index contributed by atoms with van der Waals surface area (Å²) in [7, 11) is 0. The Balaban J connectivity index is 1.34. The molecule has 0 spiro atoms. The number of thioether (sulfide) groups is 1. The molecule has 1 aliphatic heterocycles. The van der Waals surface area contributed by atoms with Crippen molar-refractivity contribution in [3.05, 3.63) is 35.6 Å². The van der Waals surface area contributed by atoms with Gasteiger partial charge in [0.2, 0.25) is 5.91 Å². The molecule has 0 aliphatic carbocycles. The topological polar surface area (TPSA) is 41.1 Å². The number of amides is 1. The molecule has 2 rings (SSSR count). The van der Waals surface area contributed by atoms with Crippen molar-refractivity contribution in [2.45, 2.75) is 121 Å². The Morgan fingerprint density at radius 1 is 0.848 bits per heavy atom. The Kier molecular flexibility index (Phi) is 15.6. The lowest BCUT2D eigenvalue weighted by Gasteiger charge is -2.14. The van der Waals surface area contributed by atoms with Crippen molar-refractivity contribution in [3.63, 3.8) is 0 Å². The van der Waals surface area contributed by atoms with Crippen molar-refractivity contribution in [3.8, 4) is 0 Å². The molecule has 1 saturated heterocycles. The molecule has 3 nitrogen and oxygen atoms in total. The van der Waals surface area contributed by atoms with Crippen LogP contribution in [-0.2, 0) is 4.79 Å². The van der Waals surface area contributed by atoms with Gasteiger partial charge in [0, 0.05) is 12.3 Å². The number of hydrogen-bond donors (Lipinski definition) is 2. The smallest absolute Gasteiger partial charge is 0.238 e. The number of carbonyl (C=O) groups excluding carboxylic acids is 1. The molecule has 5 heteroatoms. The summed E-state index contributed by atoms with van der Waals surface area (Å²) < 4.78 is 13.1. The fourth-order valence-corrected chi connectivity index (χ4v) is 5.70. The van der Waals surface area contributed by atoms with Gasteiger partial charge in [-0.3, -0.25) is 10.1 Å². The molecule has 0 aromatic heterocycles. The van der Waals surface area contributed by atoms with E-state index in [9.17, 15) is 9.18 Å². The SMILES string of the molecule is CCCCCCCCCCCCCCCCCCNC(=O)[C@H]1CSC(c2ccc(F)cc2)N1. The van der Waals surface area contributed by atoms with E-state index >= 15 is 0 Å². The monoisotopic (exact) mass is 478 g/mol. The molecule has 0 radical (unpaired) electrons. The third kappa shape index (κ3) is 12.8. The first-order valence-corrected chi connectivity index (χ1v) is 14.7. The lowest BCUT2D eigenvalue weighted by molar-refractivity contribution is -0.122. The highest BCUT2D eigenvalue weighted by atomic mass is 32.2. The lowest BCUT2D eigenvalue weighted by atomic mass is 10.0. The summed E-state index contributed by atoms with van der Waals surface area (Å²) in [4.78, 5) is 12.4. The third-order valence-corrected chi connectivity index (χ3v) is 7.87. The van der Waals surface area contributed by atoms with E-state index in [1.807, 2.05) is 0 Å². The van der Waals surface area contributed by atoms with Gasteiger partial charge in [0.05, 0.1) is 11.4 Å². The maximum Gasteiger partial charge on any atom is 0.238 e. The molecular weight excluding hydrogens is 431 g/mol. The molecule has 1 unspecified atom stereocenters. The van der Waals surface area contributed by atoms with E-state index in [1.165, 1.54) is 108 Å². The van der Waals surface area contributed by atoms with Gasteiger partial charge in [0.15, 0.2) is 0 Å². The molecule has 1 heterocycles. The van der Waals surface area contributed by atoms with Crippen LogP contribution in [0.1, 0.15) is 121 Å². The predicted octanol–water partition coefficient (Wildman–Crippen LogP) is 7.91. The van der Waals surface area contributed by atoms with Crippen LogP contribution in [0.5, 0.6) is 0 Å². The molecule has 1 amide bonds. The highest BCUT2D eigenvalue weighted by Gasteiger charge is 2.30. The van der Waals surface area contributed by atoms with Gasteiger partial charge in [-0.1, -0.05) is 115 Å². The van der Waals surface area contributed by atoms with Gasteiger partial charge in [-0.2, -0.15) is 0 Å². The lowest BCUT2D eigenvalue weighted by Crippen LogP contribution is -2.42. The van der Waals surface area contributed by atoms with Gasteiger partial charge >= 0.3 is 0 Å². The Hall–Kier alpha value is -1.07. The van der Waals surface area contributed by atoms with Gasteiger partial charge in [-0.25, -0.2) is 4.39 Å². The van der Waals surface area contributed by atoms with Crippen LogP contribution < -0.4 is 10.6 Å². The number of unbranched alkanes of at least 4 members (excludes halogenated alkanes) is 15. The maximum atomic E-state index is 13.1. The van der Waals surface area contributed by atoms with Gasteiger partial charge in [0.25, 0.3) is 0 Å². The van der Waals surface area contributed by atoms with Crippen molar-refractivity contribution in [1.29, 1.82) is 0 Å². The van der Waals surface area contributed by atoms with Gasteiger partial charge in [0.1, 0.15) is 5.82 Å². The Bertz CT molecular complexity index is 625. The molecule has 2 N–H and O–H groups in total. The van der Waals surface area contributed by atoms with Crippen molar-refractivity contribution >= 4 is 17.7 Å². The second-order valence-corrected chi connectivity index (χ2v) is 10.7. The zero-order valence-corrected chi connectivity index (χ0v) is 21.7. The average Bonchev–Trinajstić information content (AvgIpc) is 3.32. The largest absolute Gasteiger partial charge is 0.355 e. The van der Waals surface area contributed by atoms with Crippen LogP contribution in [0.4, 0.5) is 4.39 Å². The van der Waals surface area contributed by atoms with Crippen molar-refractivity contribution in [2.24, 2.45) is 0 Å². The van der Waals surface area contributed by atoms with Crippen molar-refractivity contribution < 1.29 is 9.18 Å². The van der Waals surface area contributed by atoms with E-state index in [0.29, 0.717) is 0 Å². The molecule has 33 heavy (non-hydrogen) atoms. The van der Waals surface area contributed by atoms with Crippen molar-refractivity contribution in [2.75, 3.05) is 12.3 Å². The molecule has 188 valence electrons. The Morgan fingerprint density at radius 3 is 1.85 bits per heavy atom. The minimum absolute atomic E-state index is 0.0666. The second kappa shape index (κ2) is 18.3. The molecule has 0 bridgehead atoms. The fourth-order valence-electron chi connectivity index (χ4n) is 4.46. The van der Waals surface area contributed by atoms with Crippen LogP contribution in [0, 0.1) is 5.82 Å². The van der Waals surface area contributed by atoms with Crippen LogP contribution in [0.15, 0.2) is 24.3 Å². The van der Waals surface area contributed by atoms with Crippen LogP contribution in [0.3, 0.4) is 0 Å².